The molecule has 0 aromatic heterocycles. The molecule has 3 heteroatoms. The number of unbranched alkanes of at least 4 members (excludes halogenated alkanes) is 1. The van der Waals surface area contributed by atoms with Gasteiger partial charge in [0.1, 0.15) is 5.75 Å². The molecule has 1 fully saturated rings. The minimum Gasteiger partial charge on any atom is -0.508 e. The molecule has 1 aliphatic rings. The number of phenols is 1. The number of rotatable bonds is 5. The van der Waals surface area contributed by atoms with Crippen molar-refractivity contribution in [3.8, 4) is 5.75 Å². The smallest absolute Gasteiger partial charge is 0.120 e. The van der Waals surface area contributed by atoms with Crippen molar-refractivity contribution in [2.24, 2.45) is 0 Å². The van der Waals surface area contributed by atoms with Crippen LogP contribution in [0.2, 0.25) is 0 Å². The van der Waals surface area contributed by atoms with Gasteiger partial charge in [-0.1, -0.05) is 38.0 Å². The normalized spacial score (nSPS) is 18.7. The monoisotopic (exact) mass is 248 g/mol. The summed E-state index contributed by atoms with van der Waals surface area (Å²) in [5, 5.41) is 13.5. The van der Waals surface area contributed by atoms with Gasteiger partial charge in [0.25, 0.3) is 0 Å². The second-order valence-electron chi connectivity index (χ2n) is 5.00. The van der Waals surface area contributed by atoms with E-state index in [0.29, 0.717) is 11.8 Å². The summed E-state index contributed by atoms with van der Waals surface area (Å²) in [5.41, 5.74) is 1.09. The zero-order valence-electron chi connectivity index (χ0n) is 11.2. The topological polar surface area (TPSA) is 35.5 Å². The maximum atomic E-state index is 10.1. The van der Waals surface area contributed by atoms with Crippen LogP contribution >= 0.6 is 0 Å². The van der Waals surface area contributed by atoms with Gasteiger partial charge in [0.15, 0.2) is 0 Å². The lowest BCUT2D eigenvalue weighted by molar-refractivity contribution is 0.160. The molecule has 1 aromatic carbocycles. The summed E-state index contributed by atoms with van der Waals surface area (Å²) in [6.45, 7) is 6.47. The molecule has 1 atom stereocenters. The maximum Gasteiger partial charge on any atom is 0.120 e. The Labute approximate surface area is 110 Å². The van der Waals surface area contributed by atoms with Crippen molar-refractivity contribution >= 4 is 0 Å². The van der Waals surface area contributed by atoms with Gasteiger partial charge in [-0.2, -0.15) is 0 Å². The first kappa shape index (κ1) is 13.4. The molecular weight excluding hydrogens is 224 g/mol. The molecule has 0 saturated carbocycles. The Morgan fingerprint density at radius 2 is 2.00 bits per heavy atom. The van der Waals surface area contributed by atoms with Gasteiger partial charge in [0, 0.05) is 37.8 Å². The molecule has 2 rings (SSSR count). The molecule has 0 radical (unpaired) electrons. The lowest BCUT2D eigenvalue weighted by Gasteiger charge is -2.35. The summed E-state index contributed by atoms with van der Waals surface area (Å²) < 4.78 is 0. The third kappa shape index (κ3) is 3.24. The third-order valence-corrected chi connectivity index (χ3v) is 3.72. The fraction of sp³-hybridized carbons (Fsp3) is 0.600. The van der Waals surface area contributed by atoms with Crippen molar-refractivity contribution in [1.82, 2.24) is 10.2 Å². The number of hydrogen-bond acceptors (Lipinski definition) is 3. The van der Waals surface area contributed by atoms with Crippen LogP contribution < -0.4 is 5.32 Å². The van der Waals surface area contributed by atoms with E-state index in [-0.39, 0.29) is 0 Å². The first-order valence-electron chi connectivity index (χ1n) is 7.05. The number of nitrogens with zero attached hydrogens (tertiary/aromatic N) is 1. The van der Waals surface area contributed by atoms with Crippen LogP contribution in [0, 0.1) is 0 Å². The van der Waals surface area contributed by atoms with E-state index in [4.69, 9.17) is 0 Å². The lowest BCUT2D eigenvalue weighted by atomic mass is 9.98. The van der Waals surface area contributed by atoms with Gasteiger partial charge in [-0.05, 0) is 12.5 Å². The van der Waals surface area contributed by atoms with Crippen LogP contribution in [0.3, 0.4) is 0 Å². The molecule has 1 heterocycles. The molecule has 18 heavy (non-hydrogen) atoms. The molecular formula is C15H24N2O. The van der Waals surface area contributed by atoms with Crippen molar-refractivity contribution in [1.29, 1.82) is 0 Å². The Kier molecular flexibility index (Phi) is 5.02. The predicted octanol–water partition coefficient (Wildman–Crippen LogP) is 2.53. The summed E-state index contributed by atoms with van der Waals surface area (Å²) in [5.74, 6) is 0.442. The summed E-state index contributed by atoms with van der Waals surface area (Å²) >= 11 is 0. The van der Waals surface area contributed by atoms with E-state index in [1.54, 1.807) is 6.07 Å². The Morgan fingerprint density at radius 3 is 2.67 bits per heavy atom. The van der Waals surface area contributed by atoms with Crippen LogP contribution in [0.25, 0.3) is 0 Å². The molecule has 1 aromatic rings. The number of benzene rings is 1. The second kappa shape index (κ2) is 6.76. The van der Waals surface area contributed by atoms with Crippen LogP contribution in [0.15, 0.2) is 24.3 Å². The Balaban J connectivity index is 2.15. The largest absolute Gasteiger partial charge is 0.508 e. The van der Waals surface area contributed by atoms with Crippen molar-refractivity contribution in [3.63, 3.8) is 0 Å². The van der Waals surface area contributed by atoms with E-state index >= 15 is 0 Å². The van der Waals surface area contributed by atoms with Crippen LogP contribution in [-0.4, -0.2) is 36.2 Å². The minimum atomic E-state index is 0.369. The van der Waals surface area contributed by atoms with E-state index in [0.717, 1.165) is 38.2 Å². The molecule has 0 aliphatic carbocycles. The minimum absolute atomic E-state index is 0.369. The van der Waals surface area contributed by atoms with Crippen molar-refractivity contribution in [2.45, 2.75) is 32.2 Å². The first-order valence-corrected chi connectivity index (χ1v) is 7.05. The average Bonchev–Trinajstić information content (AvgIpc) is 2.42. The number of aromatic hydroxyl groups is 1. The second-order valence-corrected chi connectivity index (χ2v) is 5.00. The Morgan fingerprint density at radius 1 is 1.28 bits per heavy atom. The highest BCUT2D eigenvalue weighted by Gasteiger charge is 2.23. The van der Waals surface area contributed by atoms with Gasteiger partial charge in [-0.25, -0.2) is 0 Å². The standard InChI is InChI=1S/C15H24N2O/c1-2-3-7-14(17-11-9-16-10-12-17)13-6-4-5-8-15(13)18/h4-6,8,14,16,18H,2-3,7,9-12H2,1H3/t14-/m0/s1. The van der Waals surface area contributed by atoms with E-state index in [1.165, 1.54) is 12.8 Å². The maximum absolute atomic E-state index is 10.1. The van der Waals surface area contributed by atoms with Crippen LogP contribution in [-0.2, 0) is 0 Å². The fourth-order valence-corrected chi connectivity index (χ4v) is 2.70. The zero-order valence-corrected chi connectivity index (χ0v) is 11.2. The number of nitrogens with one attached hydrogen (secondary N) is 1. The number of para-hydroxylation sites is 1. The highest BCUT2D eigenvalue weighted by molar-refractivity contribution is 5.34. The van der Waals surface area contributed by atoms with Gasteiger partial charge in [0.2, 0.25) is 0 Å². The average molecular weight is 248 g/mol. The lowest BCUT2D eigenvalue weighted by Crippen LogP contribution is -2.45. The number of phenolic OH excluding ortho intramolecular Hbond substituents is 1. The molecule has 0 spiro atoms. The van der Waals surface area contributed by atoms with Gasteiger partial charge >= 0.3 is 0 Å². The summed E-state index contributed by atoms with van der Waals surface area (Å²) in [6.07, 6.45) is 3.55. The quantitative estimate of drug-likeness (QED) is 0.840. The number of hydrogen-bond donors (Lipinski definition) is 2. The number of piperazine rings is 1. The van der Waals surface area contributed by atoms with Gasteiger partial charge in [-0.15, -0.1) is 0 Å². The molecule has 2 N–H and O–H groups in total. The van der Waals surface area contributed by atoms with Crippen molar-refractivity contribution in [2.75, 3.05) is 26.2 Å². The Hall–Kier alpha value is -1.06. The highest BCUT2D eigenvalue weighted by atomic mass is 16.3. The molecule has 1 saturated heterocycles. The van der Waals surface area contributed by atoms with E-state index in [9.17, 15) is 5.11 Å². The van der Waals surface area contributed by atoms with E-state index < -0.39 is 0 Å². The van der Waals surface area contributed by atoms with Gasteiger partial charge in [-0.3, -0.25) is 4.90 Å². The van der Waals surface area contributed by atoms with Gasteiger partial charge in [0.05, 0.1) is 0 Å². The molecule has 0 bridgehead atoms. The molecule has 3 nitrogen and oxygen atoms in total. The summed E-state index contributed by atoms with van der Waals surface area (Å²) in [6, 6.07) is 8.16. The van der Waals surface area contributed by atoms with E-state index in [2.05, 4.69) is 23.2 Å². The van der Waals surface area contributed by atoms with Crippen LogP contribution in [0.5, 0.6) is 5.75 Å². The van der Waals surface area contributed by atoms with Crippen LogP contribution in [0.4, 0.5) is 0 Å². The first-order chi connectivity index (χ1) is 8.83. The van der Waals surface area contributed by atoms with Crippen molar-refractivity contribution in [3.05, 3.63) is 29.8 Å². The molecule has 0 unspecified atom stereocenters. The highest BCUT2D eigenvalue weighted by Crippen LogP contribution is 2.32. The molecule has 1 aliphatic heterocycles. The van der Waals surface area contributed by atoms with Gasteiger partial charge < -0.3 is 10.4 Å². The summed E-state index contributed by atoms with van der Waals surface area (Å²) in [7, 11) is 0. The summed E-state index contributed by atoms with van der Waals surface area (Å²) in [4.78, 5) is 2.50. The fourth-order valence-electron chi connectivity index (χ4n) is 2.70. The Bertz CT molecular complexity index is 361. The van der Waals surface area contributed by atoms with Crippen LogP contribution in [0.1, 0.15) is 37.8 Å². The molecule has 100 valence electrons. The van der Waals surface area contributed by atoms with Crippen molar-refractivity contribution < 1.29 is 5.11 Å². The van der Waals surface area contributed by atoms with E-state index in [1.807, 2.05) is 12.1 Å². The zero-order chi connectivity index (χ0) is 12.8. The SMILES string of the molecule is CCCC[C@@H](c1ccccc1O)N1CCNCC1. The molecule has 0 amide bonds. The predicted molar refractivity (Wildman–Crippen MR) is 74.8 cm³/mol. The third-order valence-electron chi connectivity index (χ3n) is 3.72.